The van der Waals surface area contributed by atoms with Gasteiger partial charge in [0.25, 0.3) is 0 Å². The highest BCUT2D eigenvalue weighted by Crippen LogP contribution is 2.09. The van der Waals surface area contributed by atoms with E-state index in [-0.39, 0.29) is 11.9 Å². The average molecular weight is 222 g/mol. The van der Waals surface area contributed by atoms with E-state index in [9.17, 15) is 4.79 Å². The zero-order valence-corrected chi connectivity index (χ0v) is 9.97. The normalized spacial score (nSPS) is 12.5. The summed E-state index contributed by atoms with van der Waals surface area (Å²) < 4.78 is 10.3. The lowest BCUT2D eigenvalue weighted by molar-refractivity contribution is -0.159. The van der Waals surface area contributed by atoms with E-state index in [2.05, 4.69) is 0 Å². The number of hydrogen-bond acceptors (Lipinski definition) is 3. The molecule has 0 heterocycles. The minimum atomic E-state index is -0.483. The van der Waals surface area contributed by atoms with Gasteiger partial charge in [-0.1, -0.05) is 44.2 Å². The van der Waals surface area contributed by atoms with Crippen molar-refractivity contribution in [1.82, 2.24) is 0 Å². The molecule has 16 heavy (non-hydrogen) atoms. The Morgan fingerprint density at radius 3 is 2.38 bits per heavy atom. The van der Waals surface area contributed by atoms with Crippen molar-refractivity contribution in [3.8, 4) is 0 Å². The van der Waals surface area contributed by atoms with Gasteiger partial charge in [-0.3, -0.25) is 0 Å². The number of benzene rings is 1. The van der Waals surface area contributed by atoms with Gasteiger partial charge in [0.15, 0.2) is 6.10 Å². The van der Waals surface area contributed by atoms with E-state index >= 15 is 0 Å². The number of methoxy groups -OCH3 is 1. The van der Waals surface area contributed by atoms with Crippen LogP contribution in [0.2, 0.25) is 0 Å². The van der Waals surface area contributed by atoms with Crippen LogP contribution in [0, 0.1) is 5.92 Å². The lowest BCUT2D eigenvalue weighted by Gasteiger charge is -2.17. The molecule has 1 aromatic carbocycles. The second-order valence-corrected chi connectivity index (χ2v) is 3.99. The maximum absolute atomic E-state index is 11.6. The van der Waals surface area contributed by atoms with Crippen LogP contribution in [-0.4, -0.2) is 19.2 Å². The van der Waals surface area contributed by atoms with E-state index in [0.29, 0.717) is 6.61 Å². The summed E-state index contributed by atoms with van der Waals surface area (Å²) in [5.41, 5.74) is 0.981. The van der Waals surface area contributed by atoms with Crippen LogP contribution in [0.5, 0.6) is 0 Å². The Labute approximate surface area is 96.4 Å². The van der Waals surface area contributed by atoms with Crippen molar-refractivity contribution in [3.05, 3.63) is 35.9 Å². The molecule has 88 valence electrons. The van der Waals surface area contributed by atoms with Gasteiger partial charge in [-0.15, -0.1) is 0 Å². The molecule has 1 rings (SSSR count). The summed E-state index contributed by atoms with van der Waals surface area (Å²) in [7, 11) is 1.52. The molecule has 0 spiro atoms. The van der Waals surface area contributed by atoms with Gasteiger partial charge in [-0.25, -0.2) is 4.79 Å². The number of carbonyl (C=O) groups excluding carboxylic acids is 1. The van der Waals surface area contributed by atoms with E-state index < -0.39 is 6.10 Å². The molecule has 0 aliphatic carbocycles. The summed E-state index contributed by atoms with van der Waals surface area (Å²) in [5, 5.41) is 0. The highest BCUT2D eigenvalue weighted by Gasteiger charge is 2.22. The third-order valence-electron chi connectivity index (χ3n) is 2.32. The first-order valence-electron chi connectivity index (χ1n) is 5.38. The predicted molar refractivity (Wildman–Crippen MR) is 61.9 cm³/mol. The van der Waals surface area contributed by atoms with Crippen LogP contribution < -0.4 is 0 Å². The van der Waals surface area contributed by atoms with Crippen LogP contribution in [0.3, 0.4) is 0 Å². The summed E-state index contributed by atoms with van der Waals surface area (Å²) in [6.07, 6.45) is -0.483. The maximum atomic E-state index is 11.6. The van der Waals surface area contributed by atoms with Crippen LogP contribution in [0.25, 0.3) is 0 Å². The SMILES string of the molecule is COC(C(=O)OCc1ccccc1)C(C)C. The molecular formula is C13H18O3. The Hall–Kier alpha value is -1.35. The van der Waals surface area contributed by atoms with Crippen molar-refractivity contribution in [2.45, 2.75) is 26.6 Å². The number of ether oxygens (including phenoxy) is 2. The second kappa shape index (κ2) is 6.28. The molecule has 0 radical (unpaired) electrons. The predicted octanol–water partition coefficient (Wildman–Crippen LogP) is 2.40. The van der Waals surface area contributed by atoms with Crippen LogP contribution in [-0.2, 0) is 20.9 Å². The molecule has 0 fully saturated rings. The van der Waals surface area contributed by atoms with Gasteiger partial charge in [0, 0.05) is 7.11 Å². The van der Waals surface area contributed by atoms with Crippen LogP contribution >= 0.6 is 0 Å². The van der Waals surface area contributed by atoms with Gasteiger partial charge in [-0.05, 0) is 11.5 Å². The first-order chi connectivity index (χ1) is 7.65. The lowest BCUT2D eigenvalue weighted by Crippen LogP contribution is -2.30. The lowest BCUT2D eigenvalue weighted by atomic mass is 10.1. The topological polar surface area (TPSA) is 35.5 Å². The highest BCUT2D eigenvalue weighted by atomic mass is 16.6. The summed E-state index contributed by atoms with van der Waals surface area (Å²) >= 11 is 0. The molecule has 1 atom stereocenters. The van der Waals surface area contributed by atoms with E-state index in [1.54, 1.807) is 0 Å². The molecule has 3 nitrogen and oxygen atoms in total. The summed E-state index contributed by atoms with van der Waals surface area (Å²) in [4.78, 5) is 11.6. The van der Waals surface area contributed by atoms with Gasteiger partial charge in [0.1, 0.15) is 6.61 Å². The number of esters is 1. The Morgan fingerprint density at radius 2 is 1.88 bits per heavy atom. The fourth-order valence-corrected chi connectivity index (χ4v) is 1.45. The largest absolute Gasteiger partial charge is 0.459 e. The zero-order chi connectivity index (χ0) is 12.0. The molecular weight excluding hydrogens is 204 g/mol. The van der Waals surface area contributed by atoms with Crippen molar-refractivity contribution >= 4 is 5.97 Å². The fraction of sp³-hybridized carbons (Fsp3) is 0.462. The minimum absolute atomic E-state index is 0.119. The first kappa shape index (κ1) is 12.7. The van der Waals surface area contributed by atoms with Gasteiger partial charge in [0.05, 0.1) is 0 Å². The Morgan fingerprint density at radius 1 is 1.25 bits per heavy atom. The standard InChI is InChI=1S/C13H18O3/c1-10(2)12(15-3)13(14)16-9-11-7-5-4-6-8-11/h4-8,10,12H,9H2,1-3H3. The summed E-state index contributed by atoms with van der Waals surface area (Å²) in [5.74, 6) is -0.186. The highest BCUT2D eigenvalue weighted by molar-refractivity contribution is 5.74. The maximum Gasteiger partial charge on any atom is 0.335 e. The number of hydrogen-bond donors (Lipinski definition) is 0. The van der Waals surface area contributed by atoms with Crippen molar-refractivity contribution in [1.29, 1.82) is 0 Å². The average Bonchev–Trinajstić information content (AvgIpc) is 2.28. The molecule has 0 aromatic heterocycles. The minimum Gasteiger partial charge on any atom is -0.459 e. The van der Waals surface area contributed by atoms with Gasteiger partial charge in [-0.2, -0.15) is 0 Å². The number of carbonyl (C=O) groups is 1. The van der Waals surface area contributed by atoms with Gasteiger partial charge >= 0.3 is 5.97 Å². The molecule has 0 N–H and O–H groups in total. The third kappa shape index (κ3) is 3.66. The van der Waals surface area contributed by atoms with Crippen molar-refractivity contribution in [2.75, 3.05) is 7.11 Å². The van der Waals surface area contributed by atoms with Crippen LogP contribution in [0.4, 0.5) is 0 Å². The Bertz CT molecular complexity index is 319. The molecule has 1 aromatic rings. The third-order valence-corrected chi connectivity index (χ3v) is 2.32. The molecule has 3 heteroatoms. The van der Waals surface area contributed by atoms with E-state index in [4.69, 9.17) is 9.47 Å². The van der Waals surface area contributed by atoms with Crippen molar-refractivity contribution < 1.29 is 14.3 Å². The molecule has 0 bridgehead atoms. The van der Waals surface area contributed by atoms with Crippen LogP contribution in [0.1, 0.15) is 19.4 Å². The molecule has 0 saturated heterocycles. The monoisotopic (exact) mass is 222 g/mol. The fourth-order valence-electron chi connectivity index (χ4n) is 1.45. The molecule has 0 aliphatic rings. The van der Waals surface area contributed by atoms with E-state index in [1.807, 2.05) is 44.2 Å². The molecule has 0 saturated carbocycles. The first-order valence-corrected chi connectivity index (χ1v) is 5.38. The molecule has 0 amide bonds. The summed E-state index contributed by atoms with van der Waals surface area (Å²) in [6.45, 7) is 4.15. The van der Waals surface area contributed by atoms with Crippen molar-refractivity contribution in [2.24, 2.45) is 5.92 Å². The Kier molecular flexibility index (Phi) is 4.99. The van der Waals surface area contributed by atoms with Gasteiger partial charge in [0.2, 0.25) is 0 Å². The van der Waals surface area contributed by atoms with Crippen molar-refractivity contribution in [3.63, 3.8) is 0 Å². The van der Waals surface area contributed by atoms with E-state index in [1.165, 1.54) is 7.11 Å². The number of rotatable bonds is 5. The zero-order valence-electron chi connectivity index (χ0n) is 9.97. The smallest absolute Gasteiger partial charge is 0.335 e. The van der Waals surface area contributed by atoms with E-state index in [0.717, 1.165) is 5.56 Å². The summed E-state index contributed by atoms with van der Waals surface area (Å²) in [6, 6.07) is 9.60. The quantitative estimate of drug-likeness (QED) is 0.718. The van der Waals surface area contributed by atoms with Crippen LogP contribution in [0.15, 0.2) is 30.3 Å². The van der Waals surface area contributed by atoms with Gasteiger partial charge < -0.3 is 9.47 Å². The second-order valence-electron chi connectivity index (χ2n) is 3.99. The Balaban J connectivity index is 2.46. The molecule has 1 unspecified atom stereocenters. The molecule has 0 aliphatic heterocycles.